The molecule has 1 aliphatic heterocycles. The molecule has 32 heavy (non-hydrogen) atoms. The van der Waals surface area contributed by atoms with Crippen LogP contribution in [0.15, 0.2) is 47.4 Å². The summed E-state index contributed by atoms with van der Waals surface area (Å²) in [4.78, 5) is 38.0. The predicted octanol–water partition coefficient (Wildman–Crippen LogP) is 2.25. The van der Waals surface area contributed by atoms with Gasteiger partial charge in [0.25, 0.3) is 17.4 Å². The van der Waals surface area contributed by atoms with Crippen LogP contribution in [0, 0.1) is 0 Å². The first-order valence-corrected chi connectivity index (χ1v) is 11.2. The number of nitrogens with zero attached hydrogens (tertiary/aromatic N) is 1. The van der Waals surface area contributed by atoms with E-state index in [0.717, 1.165) is 18.5 Å². The molecule has 7 nitrogen and oxygen atoms in total. The number of carbonyl (C=O) groups is 2. The molecule has 1 aliphatic rings. The molecule has 172 valence electrons. The standard InChI is InChI=1S/C24H31FN4O3/c1-2-27-22(31)20-14-19(16-29(23(20)32)15-18-8-4-3-5-9-18)21(30)28-13-7-11-24(25)10-6-12-26-17-24/h3-5,8-9,14,16,26H,2,6-7,10-13,15,17H2,1H3,(H,27,31)(H,28,30)/t24-/m1/s1. The Hall–Kier alpha value is -3.00. The van der Waals surface area contributed by atoms with Crippen molar-refractivity contribution < 1.29 is 14.0 Å². The largest absolute Gasteiger partial charge is 0.352 e. The lowest BCUT2D eigenvalue weighted by atomic mass is 9.91. The maximum atomic E-state index is 14.7. The number of benzene rings is 1. The van der Waals surface area contributed by atoms with Crippen molar-refractivity contribution in [2.45, 2.75) is 44.8 Å². The van der Waals surface area contributed by atoms with E-state index in [4.69, 9.17) is 0 Å². The van der Waals surface area contributed by atoms with E-state index < -0.39 is 23.0 Å². The molecule has 0 spiro atoms. The number of alkyl halides is 1. The van der Waals surface area contributed by atoms with E-state index in [9.17, 15) is 18.8 Å². The Labute approximate surface area is 187 Å². The highest BCUT2D eigenvalue weighted by atomic mass is 19.1. The maximum Gasteiger partial charge on any atom is 0.263 e. The summed E-state index contributed by atoms with van der Waals surface area (Å²) in [6.45, 7) is 3.88. The van der Waals surface area contributed by atoms with Gasteiger partial charge in [-0.3, -0.25) is 14.4 Å². The van der Waals surface area contributed by atoms with Gasteiger partial charge in [0.2, 0.25) is 0 Å². The quantitative estimate of drug-likeness (QED) is 0.520. The monoisotopic (exact) mass is 442 g/mol. The van der Waals surface area contributed by atoms with Gasteiger partial charge in [0.15, 0.2) is 0 Å². The lowest BCUT2D eigenvalue weighted by Gasteiger charge is -2.30. The van der Waals surface area contributed by atoms with Gasteiger partial charge in [-0.25, -0.2) is 4.39 Å². The van der Waals surface area contributed by atoms with E-state index in [0.29, 0.717) is 38.9 Å². The first kappa shape index (κ1) is 23.7. The average Bonchev–Trinajstić information content (AvgIpc) is 2.79. The van der Waals surface area contributed by atoms with Gasteiger partial charge in [-0.15, -0.1) is 0 Å². The fourth-order valence-corrected chi connectivity index (χ4v) is 3.93. The lowest BCUT2D eigenvalue weighted by Crippen LogP contribution is -2.42. The van der Waals surface area contributed by atoms with Crippen molar-refractivity contribution >= 4 is 11.8 Å². The molecule has 0 bridgehead atoms. The van der Waals surface area contributed by atoms with Crippen LogP contribution >= 0.6 is 0 Å². The second-order valence-electron chi connectivity index (χ2n) is 8.21. The number of hydrogen-bond donors (Lipinski definition) is 3. The van der Waals surface area contributed by atoms with E-state index in [1.807, 2.05) is 30.3 Å². The van der Waals surface area contributed by atoms with Crippen LogP contribution in [0.3, 0.4) is 0 Å². The molecule has 8 heteroatoms. The Morgan fingerprint density at radius 1 is 1.19 bits per heavy atom. The molecule has 2 heterocycles. The minimum Gasteiger partial charge on any atom is -0.352 e. The van der Waals surface area contributed by atoms with Crippen molar-refractivity contribution in [2.24, 2.45) is 0 Å². The number of piperidine rings is 1. The van der Waals surface area contributed by atoms with Crippen molar-refractivity contribution in [3.05, 3.63) is 69.6 Å². The summed E-state index contributed by atoms with van der Waals surface area (Å²) in [5.74, 6) is -0.912. The molecule has 3 rings (SSSR count). The summed E-state index contributed by atoms with van der Waals surface area (Å²) >= 11 is 0. The number of amides is 2. The fraction of sp³-hybridized carbons (Fsp3) is 0.458. The Balaban J connectivity index is 1.72. The summed E-state index contributed by atoms with van der Waals surface area (Å²) in [5.41, 5.74) is -0.663. The van der Waals surface area contributed by atoms with Gasteiger partial charge in [-0.05, 0) is 50.8 Å². The summed E-state index contributed by atoms with van der Waals surface area (Å²) in [5, 5.41) is 8.49. The lowest BCUT2D eigenvalue weighted by molar-refractivity contribution is 0.0929. The number of carbonyl (C=O) groups excluding carboxylic acids is 2. The molecule has 0 saturated carbocycles. The zero-order chi connectivity index (χ0) is 23.0. The van der Waals surface area contributed by atoms with Crippen LogP contribution in [-0.2, 0) is 6.54 Å². The van der Waals surface area contributed by atoms with Crippen molar-refractivity contribution in [1.82, 2.24) is 20.5 Å². The first-order valence-electron chi connectivity index (χ1n) is 11.2. The highest BCUT2D eigenvalue weighted by molar-refractivity contribution is 5.99. The van der Waals surface area contributed by atoms with Gasteiger partial charge < -0.3 is 20.5 Å². The van der Waals surface area contributed by atoms with E-state index >= 15 is 0 Å². The normalized spacial score (nSPS) is 18.2. The molecule has 3 N–H and O–H groups in total. The Morgan fingerprint density at radius 3 is 2.66 bits per heavy atom. The first-order chi connectivity index (χ1) is 15.4. The van der Waals surface area contributed by atoms with Crippen LogP contribution < -0.4 is 21.5 Å². The molecule has 1 atom stereocenters. The number of nitrogens with one attached hydrogen (secondary N) is 3. The third-order valence-electron chi connectivity index (χ3n) is 5.63. The van der Waals surface area contributed by atoms with Crippen molar-refractivity contribution in [3.8, 4) is 0 Å². The van der Waals surface area contributed by atoms with Gasteiger partial charge >= 0.3 is 0 Å². The topological polar surface area (TPSA) is 92.2 Å². The van der Waals surface area contributed by atoms with E-state index in [-0.39, 0.29) is 17.7 Å². The maximum absolute atomic E-state index is 14.7. The molecule has 2 aromatic rings. The summed E-state index contributed by atoms with van der Waals surface area (Å²) in [7, 11) is 0. The number of rotatable bonds is 9. The molecular weight excluding hydrogens is 411 g/mol. The van der Waals surface area contributed by atoms with Crippen LogP contribution in [0.2, 0.25) is 0 Å². The summed E-state index contributed by atoms with van der Waals surface area (Å²) in [6, 6.07) is 10.7. The zero-order valence-corrected chi connectivity index (χ0v) is 18.5. The average molecular weight is 443 g/mol. The van der Waals surface area contributed by atoms with Crippen LogP contribution in [0.25, 0.3) is 0 Å². The number of aromatic nitrogens is 1. The van der Waals surface area contributed by atoms with E-state index in [1.54, 1.807) is 6.92 Å². The van der Waals surface area contributed by atoms with Gasteiger partial charge in [-0.2, -0.15) is 0 Å². The second-order valence-corrected chi connectivity index (χ2v) is 8.21. The third-order valence-corrected chi connectivity index (χ3v) is 5.63. The Bertz CT molecular complexity index is 984. The molecule has 0 aliphatic carbocycles. The minimum absolute atomic E-state index is 0.0774. The summed E-state index contributed by atoms with van der Waals surface area (Å²) in [6.07, 6.45) is 3.70. The molecule has 2 amide bonds. The molecule has 1 aromatic carbocycles. The Kier molecular flexibility index (Phi) is 8.16. The molecule has 0 unspecified atom stereocenters. The zero-order valence-electron chi connectivity index (χ0n) is 18.5. The van der Waals surface area contributed by atoms with Crippen LogP contribution in [-0.4, -0.2) is 48.2 Å². The summed E-state index contributed by atoms with van der Waals surface area (Å²) < 4.78 is 16.1. The minimum atomic E-state index is -1.22. The molecule has 1 fully saturated rings. The van der Waals surface area contributed by atoms with Gasteiger partial charge in [0, 0.05) is 25.8 Å². The van der Waals surface area contributed by atoms with Gasteiger partial charge in [0.05, 0.1) is 12.1 Å². The Morgan fingerprint density at radius 2 is 1.97 bits per heavy atom. The van der Waals surface area contributed by atoms with Crippen LogP contribution in [0.5, 0.6) is 0 Å². The number of hydrogen-bond acceptors (Lipinski definition) is 4. The highest BCUT2D eigenvalue weighted by Gasteiger charge is 2.30. The number of halogens is 1. The second kappa shape index (κ2) is 11.0. The van der Waals surface area contributed by atoms with Gasteiger partial charge in [0.1, 0.15) is 11.2 Å². The highest BCUT2D eigenvalue weighted by Crippen LogP contribution is 2.25. The van der Waals surface area contributed by atoms with Crippen LogP contribution in [0.4, 0.5) is 4.39 Å². The fourth-order valence-electron chi connectivity index (χ4n) is 3.93. The molecule has 0 radical (unpaired) electrons. The SMILES string of the molecule is CCNC(=O)c1cc(C(=O)NCCC[C@]2(F)CCCNC2)cn(Cc2ccccc2)c1=O. The smallest absolute Gasteiger partial charge is 0.263 e. The molecule has 1 saturated heterocycles. The van der Waals surface area contributed by atoms with Crippen LogP contribution in [0.1, 0.15) is 58.9 Å². The predicted molar refractivity (Wildman–Crippen MR) is 122 cm³/mol. The molecule has 1 aromatic heterocycles. The molecular formula is C24H31FN4O3. The van der Waals surface area contributed by atoms with Crippen molar-refractivity contribution in [2.75, 3.05) is 26.2 Å². The third kappa shape index (κ3) is 6.26. The van der Waals surface area contributed by atoms with Crippen molar-refractivity contribution in [1.29, 1.82) is 0 Å². The van der Waals surface area contributed by atoms with E-state index in [2.05, 4.69) is 16.0 Å². The van der Waals surface area contributed by atoms with Crippen molar-refractivity contribution in [3.63, 3.8) is 0 Å². The number of pyridine rings is 1. The van der Waals surface area contributed by atoms with Gasteiger partial charge in [-0.1, -0.05) is 30.3 Å². The van der Waals surface area contributed by atoms with E-state index in [1.165, 1.54) is 16.8 Å².